The molecule has 0 amide bonds. The number of hydrogen-bond acceptors (Lipinski definition) is 3. The first-order valence-corrected chi connectivity index (χ1v) is 8.98. The van der Waals surface area contributed by atoms with Crippen LogP contribution in [-0.4, -0.2) is 14.8 Å². The van der Waals surface area contributed by atoms with E-state index in [1.807, 2.05) is 68.4 Å². The molecule has 5 heteroatoms. The smallest absolute Gasteiger partial charge is 0.181 e. The molecule has 4 nitrogen and oxygen atoms in total. The molecule has 0 N–H and O–H groups in total. The fourth-order valence-electron chi connectivity index (χ4n) is 2.89. The highest BCUT2D eigenvalue weighted by Gasteiger charge is 2.49. The molecule has 0 unspecified atom stereocenters. The maximum atomic E-state index is 14.6. The lowest BCUT2D eigenvalue weighted by atomic mass is 10.2. The molecular weight excluding hydrogens is 329 g/mol. The van der Waals surface area contributed by atoms with Gasteiger partial charge in [-0.15, -0.1) is 0 Å². The van der Waals surface area contributed by atoms with E-state index in [0.29, 0.717) is 31.1 Å². The summed E-state index contributed by atoms with van der Waals surface area (Å²) in [5.74, 6) is 1.80. The number of benzene rings is 2. The second kappa shape index (κ2) is 6.56. The van der Waals surface area contributed by atoms with Crippen LogP contribution in [0.2, 0.25) is 0 Å². The molecule has 4 rings (SSSR count). The van der Waals surface area contributed by atoms with Crippen molar-refractivity contribution in [3.8, 4) is 17.1 Å². The molecule has 1 aliphatic carbocycles. The minimum absolute atomic E-state index is 0.0768. The highest BCUT2D eigenvalue weighted by Crippen LogP contribution is 2.49. The SMILES string of the molecule is CC(C)n1nc(-c2ccc(OCc3ccccc3)cc2)nc1C1(F)CC1. The van der Waals surface area contributed by atoms with Crippen molar-refractivity contribution in [1.29, 1.82) is 0 Å². The van der Waals surface area contributed by atoms with Crippen molar-refractivity contribution in [2.24, 2.45) is 0 Å². The quantitative estimate of drug-likeness (QED) is 0.623. The zero-order chi connectivity index (χ0) is 18.1. The number of alkyl halides is 1. The molecule has 134 valence electrons. The largest absolute Gasteiger partial charge is 0.489 e. The molecule has 0 bridgehead atoms. The molecule has 3 aromatic rings. The molecule has 1 heterocycles. The topological polar surface area (TPSA) is 39.9 Å². The standard InChI is InChI=1S/C21H22FN3O/c1-15(2)25-20(21(22)12-13-21)23-19(24-25)17-8-10-18(11-9-17)26-14-16-6-4-3-5-7-16/h3-11,15H,12-14H2,1-2H3. The van der Waals surface area contributed by atoms with Crippen molar-refractivity contribution >= 4 is 0 Å². The van der Waals surface area contributed by atoms with Gasteiger partial charge in [0.15, 0.2) is 17.3 Å². The normalized spacial score (nSPS) is 15.2. The van der Waals surface area contributed by atoms with Gasteiger partial charge in [0.05, 0.1) is 0 Å². The maximum Gasteiger partial charge on any atom is 0.181 e. The van der Waals surface area contributed by atoms with Crippen LogP contribution in [0.5, 0.6) is 5.75 Å². The Morgan fingerprint density at radius 1 is 1.08 bits per heavy atom. The van der Waals surface area contributed by atoms with Crippen molar-refractivity contribution in [2.75, 3.05) is 0 Å². The summed E-state index contributed by atoms with van der Waals surface area (Å²) in [5.41, 5.74) is 0.687. The van der Waals surface area contributed by atoms with Gasteiger partial charge >= 0.3 is 0 Å². The van der Waals surface area contributed by atoms with Crippen LogP contribution in [0, 0.1) is 0 Å². The molecule has 1 aliphatic rings. The highest BCUT2D eigenvalue weighted by atomic mass is 19.1. The van der Waals surface area contributed by atoms with Gasteiger partial charge in [0.25, 0.3) is 0 Å². The third-order valence-electron chi connectivity index (χ3n) is 4.57. The van der Waals surface area contributed by atoms with Crippen molar-refractivity contribution in [3.05, 3.63) is 66.0 Å². The second-order valence-corrected chi connectivity index (χ2v) is 7.06. The summed E-state index contributed by atoms with van der Waals surface area (Å²) >= 11 is 0. The minimum atomic E-state index is -1.30. The first-order valence-electron chi connectivity index (χ1n) is 8.98. The summed E-state index contributed by atoms with van der Waals surface area (Å²) in [4.78, 5) is 4.49. The summed E-state index contributed by atoms with van der Waals surface area (Å²) in [6, 6.07) is 17.7. The van der Waals surface area contributed by atoms with Gasteiger partial charge in [-0.05, 0) is 56.5 Å². The molecule has 1 fully saturated rings. The van der Waals surface area contributed by atoms with E-state index >= 15 is 0 Å². The lowest BCUT2D eigenvalue weighted by molar-refractivity contribution is 0.279. The fraction of sp³-hybridized carbons (Fsp3) is 0.333. The number of rotatable bonds is 6. The molecule has 0 saturated heterocycles. The van der Waals surface area contributed by atoms with Gasteiger partial charge in [-0.3, -0.25) is 0 Å². The lowest BCUT2D eigenvalue weighted by Crippen LogP contribution is -2.13. The molecular formula is C21H22FN3O. The Morgan fingerprint density at radius 2 is 1.77 bits per heavy atom. The zero-order valence-corrected chi connectivity index (χ0v) is 15.0. The number of nitrogens with zero attached hydrogens (tertiary/aromatic N) is 3. The average molecular weight is 351 g/mol. The van der Waals surface area contributed by atoms with Gasteiger partial charge < -0.3 is 4.74 Å². The molecule has 2 aromatic carbocycles. The van der Waals surface area contributed by atoms with E-state index in [4.69, 9.17) is 4.74 Å². The summed E-state index contributed by atoms with van der Waals surface area (Å²) in [5, 5.41) is 4.53. The fourth-order valence-corrected chi connectivity index (χ4v) is 2.89. The third-order valence-corrected chi connectivity index (χ3v) is 4.57. The van der Waals surface area contributed by atoms with Gasteiger partial charge in [-0.2, -0.15) is 5.10 Å². The summed E-state index contributed by atoms with van der Waals surface area (Å²) in [6.07, 6.45) is 1.06. The Bertz CT molecular complexity index is 883. The van der Waals surface area contributed by atoms with E-state index in [2.05, 4.69) is 10.1 Å². The number of halogens is 1. The van der Waals surface area contributed by atoms with Crippen LogP contribution in [0.25, 0.3) is 11.4 Å². The molecule has 1 saturated carbocycles. The lowest BCUT2D eigenvalue weighted by Gasteiger charge is -2.10. The molecule has 0 radical (unpaired) electrons. The molecule has 26 heavy (non-hydrogen) atoms. The highest BCUT2D eigenvalue weighted by molar-refractivity contribution is 5.56. The summed E-state index contributed by atoms with van der Waals surface area (Å²) in [7, 11) is 0. The van der Waals surface area contributed by atoms with E-state index in [9.17, 15) is 4.39 Å². The maximum absolute atomic E-state index is 14.6. The molecule has 0 aliphatic heterocycles. The minimum Gasteiger partial charge on any atom is -0.489 e. The van der Waals surface area contributed by atoms with E-state index in [1.54, 1.807) is 4.68 Å². The van der Waals surface area contributed by atoms with Gasteiger partial charge in [-0.25, -0.2) is 14.1 Å². The Morgan fingerprint density at radius 3 is 2.38 bits per heavy atom. The van der Waals surface area contributed by atoms with Gasteiger partial charge in [0, 0.05) is 11.6 Å². The predicted molar refractivity (Wildman–Crippen MR) is 98.6 cm³/mol. The monoisotopic (exact) mass is 351 g/mol. The third kappa shape index (κ3) is 3.34. The number of hydrogen-bond donors (Lipinski definition) is 0. The average Bonchev–Trinajstić information content (AvgIpc) is 3.24. The van der Waals surface area contributed by atoms with Gasteiger partial charge in [0.1, 0.15) is 12.4 Å². The van der Waals surface area contributed by atoms with E-state index in [1.165, 1.54) is 0 Å². The van der Waals surface area contributed by atoms with Crippen molar-refractivity contribution in [3.63, 3.8) is 0 Å². The van der Waals surface area contributed by atoms with Crippen LogP contribution >= 0.6 is 0 Å². The van der Waals surface area contributed by atoms with Crippen LogP contribution in [-0.2, 0) is 12.3 Å². The number of ether oxygens (including phenoxy) is 1. The first kappa shape index (κ1) is 16.8. The second-order valence-electron chi connectivity index (χ2n) is 7.06. The number of aromatic nitrogens is 3. The van der Waals surface area contributed by atoms with Crippen LogP contribution in [0.4, 0.5) is 4.39 Å². The Kier molecular flexibility index (Phi) is 4.23. The first-order chi connectivity index (χ1) is 12.5. The summed E-state index contributed by atoms with van der Waals surface area (Å²) in [6.45, 7) is 4.51. The van der Waals surface area contributed by atoms with Crippen LogP contribution < -0.4 is 4.74 Å². The zero-order valence-electron chi connectivity index (χ0n) is 15.0. The van der Waals surface area contributed by atoms with E-state index < -0.39 is 5.67 Å². The van der Waals surface area contributed by atoms with E-state index in [-0.39, 0.29) is 6.04 Å². The van der Waals surface area contributed by atoms with Crippen LogP contribution in [0.15, 0.2) is 54.6 Å². The van der Waals surface area contributed by atoms with E-state index in [0.717, 1.165) is 16.9 Å². The van der Waals surface area contributed by atoms with Crippen molar-refractivity contribution in [2.45, 2.75) is 45.0 Å². The predicted octanol–water partition coefficient (Wildman–Crippen LogP) is 5.06. The van der Waals surface area contributed by atoms with Gasteiger partial charge in [0.2, 0.25) is 0 Å². The Labute approximate surface area is 152 Å². The van der Waals surface area contributed by atoms with Gasteiger partial charge in [-0.1, -0.05) is 30.3 Å². The molecule has 0 atom stereocenters. The van der Waals surface area contributed by atoms with Crippen LogP contribution in [0.1, 0.15) is 44.1 Å². The summed E-state index contributed by atoms with van der Waals surface area (Å²) < 4.78 is 22.1. The molecule has 0 spiro atoms. The Hall–Kier alpha value is -2.69. The molecule has 1 aromatic heterocycles. The van der Waals surface area contributed by atoms with Crippen LogP contribution in [0.3, 0.4) is 0 Å². The van der Waals surface area contributed by atoms with Crippen molar-refractivity contribution < 1.29 is 9.13 Å². The van der Waals surface area contributed by atoms with Crippen molar-refractivity contribution in [1.82, 2.24) is 14.8 Å². The Balaban J connectivity index is 1.52.